The first-order valence-corrected chi connectivity index (χ1v) is 4.90. The summed E-state index contributed by atoms with van der Waals surface area (Å²) < 4.78 is 39.8. The smallest absolute Gasteiger partial charge is 0.405 e. The molecular weight excluding hydrogens is 291 g/mol. The average molecular weight is 298 g/mol. The number of nitrogens with one attached hydrogen (secondary N) is 1. The van der Waals surface area contributed by atoms with Gasteiger partial charge in [0, 0.05) is 12.6 Å². The number of carbonyl (C=O) groups is 1. The highest BCUT2D eigenvalue weighted by molar-refractivity contribution is 9.10. The molecule has 0 spiro atoms. The van der Waals surface area contributed by atoms with Crippen molar-refractivity contribution in [1.29, 1.82) is 0 Å². The standard InChI is InChI=1S/C9H7BrF3NO2/c1-14-8(15)5-2-3-6(10)7(4-5)16-9(11,12)13/h2-4H,1H3,(H,14,15). The van der Waals surface area contributed by atoms with Crippen LogP contribution in [0.1, 0.15) is 10.4 Å². The van der Waals surface area contributed by atoms with Crippen molar-refractivity contribution in [2.24, 2.45) is 0 Å². The molecule has 16 heavy (non-hydrogen) atoms. The van der Waals surface area contributed by atoms with E-state index in [0.717, 1.165) is 6.07 Å². The number of hydrogen-bond acceptors (Lipinski definition) is 2. The molecule has 0 aromatic heterocycles. The van der Waals surface area contributed by atoms with Gasteiger partial charge in [0.1, 0.15) is 5.75 Å². The molecular formula is C9H7BrF3NO2. The van der Waals surface area contributed by atoms with Gasteiger partial charge in [0.25, 0.3) is 5.91 Å². The van der Waals surface area contributed by atoms with E-state index in [-0.39, 0.29) is 10.0 Å². The fourth-order valence-corrected chi connectivity index (χ4v) is 1.32. The van der Waals surface area contributed by atoms with Gasteiger partial charge in [-0.3, -0.25) is 4.79 Å². The van der Waals surface area contributed by atoms with Gasteiger partial charge in [0.2, 0.25) is 0 Å². The molecule has 0 aliphatic carbocycles. The van der Waals surface area contributed by atoms with E-state index < -0.39 is 18.0 Å². The Kier molecular flexibility index (Phi) is 3.79. The van der Waals surface area contributed by atoms with E-state index in [2.05, 4.69) is 26.0 Å². The van der Waals surface area contributed by atoms with Crippen LogP contribution in [-0.2, 0) is 0 Å². The Morgan fingerprint density at radius 1 is 1.44 bits per heavy atom. The van der Waals surface area contributed by atoms with Gasteiger partial charge >= 0.3 is 6.36 Å². The van der Waals surface area contributed by atoms with E-state index in [9.17, 15) is 18.0 Å². The van der Waals surface area contributed by atoms with Crippen LogP contribution in [0.15, 0.2) is 22.7 Å². The van der Waals surface area contributed by atoms with Crippen LogP contribution >= 0.6 is 15.9 Å². The lowest BCUT2D eigenvalue weighted by Crippen LogP contribution is -2.20. The Balaban J connectivity index is 3.04. The van der Waals surface area contributed by atoms with Crippen molar-refractivity contribution >= 4 is 21.8 Å². The molecule has 0 radical (unpaired) electrons. The van der Waals surface area contributed by atoms with E-state index in [4.69, 9.17) is 0 Å². The molecule has 0 bridgehead atoms. The second kappa shape index (κ2) is 4.73. The second-order valence-electron chi connectivity index (χ2n) is 2.77. The van der Waals surface area contributed by atoms with E-state index in [1.54, 1.807) is 0 Å². The Labute approximate surface area is 97.7 Å². The average Bonchev–Trinajstić information content (AvgIpc) is 2.18. The SMILES string of the molecule is CNC(=O)c1ccc(Br)c(OC(F)(F)F)c1. The first kappa shape index (κ1) is 12.8. The van der Waals surface area contributed by atoms with E-state index in [1.807, 2.05) is 0 Å². The molecule has 0 aliphatic heterocycles. The number of carbonyl (C=O) groups excluding carboxylic acids is 1. The van der Waals surface area contributed by atoms with Crippen LogP contribution in [0.3, 0.4) is 0 Å². The predicted molar refractivity (Wildman–Crippen MR) is 54.2 cm³/mol. The summed E-state index contributed by atoms with van der Waals surface area (Å²) in [5, 5.41) is 2.30. The molecule has 0 saturated heterocycles. The van der Waals surface area contributed by atoms with Crippen LogP contribution in [0.2, 0.25) is 0 Å². The van der Waals surface area contributed by atoms with Crippen molar-refractivity contribution in [3.05, 3.63) is 28.2 Å². The third-order valence-electron chi connectivity index (χ3n) is 1.65. The molecule has 88 valence electrons. The molecule has 0 fully saturated rings. The molecule has 0 unspecified atom stereocenters. The third kappa shape index (κ3) is 3.41. The molecule has 1 rings (SSSR count). The summed E-state index contributed by atoms with van der Waals surface area (Å²) in [7, 11) is 1.38. The summed E-state index contributed by atoms with van der Waals surface area (Å²) in [6.07, 6.45) is -4.79. The fourth-order valence-electron chi connectivity index (χ4n) is 0.992. The summed E-state index contributed by atoms with van der Waals surface area (Å²) in [4.78, 5) is 11.2. The molecule has 0 heterocycles. The van der Waals surface area contributed by atoms with Gasteiger partial charge in [-0.05, 0) is 34.1 Å². The highest BCUT2D eigenvalue weighted by Gasteiger charge is 2.32. The minimum absolute atomic E-state index is 0.0879. The Bertz CT molecular complexity index is 406. The number of benzene rings is 1. The summed E-state index contributed by atoms with van der Waals surface area (Å²) in [5.41, 5.74) is 0.0879. The van der Waals surface area contributed by atoms with Gasteiger partial charge in [-0.15, -0.1) is 13.2 Å². The molecule has 3 nitrogen and oxygen atoms in total. The quantitative estimate of drug-likeness (QED) is 0.911. The molecule has 1 aromatic carbocycles. The van der Waals surface area contributed by atoms with Gasteiger partial charge in [-0.1, -0.05) is 0 Å². The first-order chi connectivity index (χ1) is 7.33. The van der Waals surface area contributed by atoms with Crippen molar-refractivity contribution < 1.29 is 22.7 Å². The van der Waals surface area contributed by atoms with Gasteiger partial charge < -0.3 is 10.1 Å². The second-order valence-corrected chi connectivity index (χ2v) is 3.63. The number of amides is 1. The van der Waals surface area contributed by atoms with Crippen molar-refractivity contribution in [2.45, 2.75) is 6.36 Å². The Morgan fingerprint density at radius 3 is 2.56 bits per heavy atom. The lowest BCUT2D eigenvalue weighted by molar-refractivity contribution is -0.274. The maximum Gasteiger partial charge on any atom is 0.573 e. The van der Waals surface area contributed by atoms with Gasteiger partial charge in [0.15, 0.2) is 0 Å². The lowest BCUT2D eigenvalue weighted by atomic mass is 10.2. The van der Waals surface area contributed by atoms with Crippen molar-refractivity contribution in [3.8, 4) is 5.75 Å². The number of hydrogen-bond donors (Lipinski definition) is 1. The first-order valence-electron chi connectivity index (χ1n) is 4.11. The van der Waals surface area contributed by atoms with E-state index >= 15 is 0 Å². The summed E-state index contributed by atoms with van der Waals surface area (Å²) in [5.74, 6) is -0.937. The van der Waals surface area contributed by atoms with E-state index in [1.165, 1.54) is 19.2 Å². The minimum Gasteiger partial charge on any atom is -0.405 e. The fraction of sp³-hybridized carbons (Fsp3) is 0.222. The van der Waals surface area contributed by atoms with Crippen molar-refractivity contribution in [3.63, 3.8) is 0 Å². The van der Waals surface area contributed by atoms with Crippen LogP contribution in [-0.4, -0.2) is 19.3 Å². The molecule has 1 aromatic rings. The summed E-state index contributed by atoms with van der Waals surface area (Å²) >= 11 is 2.90. The maximum atomic E-state index is 12.0. The monoisotopic (exact) mass is 297 g/mol. The maximum absolute atomic E-state index is 12.0. The molecule has 7 heteroatoms. The van der Waals surface area contributed by atoms with Crippen molar-refractivity contribution in [1.82, 2.24) is 5.32 Å². The van der Waals surface area contributed by atoms with Crippen LogP contribution in [0.5, 0.6) is 5.75 Å². The van der Waals surface area contributed by atoms with Gasteiger partial charge in [-0.2, -0.15) is 0 Å². The third-order valence-corrected chi connectivity index (χ3v) is 2.30. The normalized spacial score (nSPS) is 11.1. The molecule has 0 aliphatic rings. The number of ether oxygens (including phenoxy) is 1. The predicted octanol–water partition coefficient (Wildman–Crippen LogP) is 2.71. The van der Waals surface area contributed by atoms with Crippen LogP contribution in [0.4, 0.5) is 13.2 Å². The zero-order valence-corrected chi connectivity index (χ0v) is 9.65. The summed E-state index contributed by atoms with van der Waals surface area (Å²) in [6, 6.07) is 3.70. The summed E-state index contributed by atoms with van der Waals surface area (Å²) in [6.45, 7) is 0. The van der Waals surface area contributed by atoms with Crippen LogP contribution < -0.4 is 10.1 Å². The van der Waals surface area contributed by atoms with Gasteiger partial charge in [-0.25, -0.2) is 0 Å². The van der Waals surface area contributed by atoms with Gasteiger partial charge in [0.05, 0.1) is 4.47 Å². The Hall–Kier alpha value is -1.24. The zero-order valence-electron chi connectivity index (χ0n) is 8.06. The van der Waals surface area contributed by atoms with Crippen LogP contribution in [0.25, 0.3) is 0 Å². The van der Waals surface area contributed by atoms with E-state index in [0.29, 0.717) is 0 Å². The highest BCUT2D eigenvalue weighted by Crippen LogP contribution is 2.31. The number of alkyl halides is 3. The largest absolute Gasteiger partial charge is 0.573 e. The molecule has 1 amide bonds. The molecule has 0 atom stereocenters. The molecule has 0 saturated carbocycles. The number of halogens is 4. The van der Waals surface area contributed by atoms with Crippen LogP contribution in [0, 0.1) is 0 Å². The minimum atomic E-state index is -4.79. The lowest BCUT2D eigenvalue weighted by Gasteiger charge is -2.11. The molecule has 1 N–H and O–H groups in total. The number of rotatable bonds is 2. The zero-order chi connectivity index (χ0) is 12.3. The topological polar surface area (TPSA) is 38.3 Å². The Morgan fingerprint density at radius 2 is 2.06 bits per heavy atom. The van der Waals surface area contributed by atoms with Crippen molar-refractivity contribution in [2.75, 3.05) is 7.05 Å². The highest BCUT2D eigenvalue weighted by atomic mass is 79.9.